The quantitative estimate of drug-likeness (QED) is 0.422. The summed E-state index contributed by atoms with van der Waals surface area (Å²) in [6.07, 6.45) is 1.32. The molecule has 0 aromatic heterocycles. The maximum Gasteiger partial charge on any atom is 0.242 e. The van der Waals surface area contributed by atoms with Gasteiger partial charge in [0.05, 0.1) is 11.9 Å². The molecule has 0 saturated carbocycles. The Morgan fingerprint density at radius 1 is 1.03 bits per heavy atom. The fourth-order valence-electron chi connectivity index (χ4n) is 4.03. The fourth-order valence-corrected chi connectivity index (χ4v) is 5.51. The van der Waals surface area contributed by atoms with Crippen molar-refractivity contribution < 1.29 is 27.5 Å². The van der Waals surface area contributed by atoms with Crippen LogP contribution in [0.1, 0.15) is 39.2 Å². The standard InChI is InChI=1S/C26H33Cl2N3O6S/c1-17(2)29-26(33)18(3)30(16-20-21(27)7-5-8-22(20)28)25(32)9-6-12-31(38(4,34)35)19-10-11-23-24(15-19)37-14-13-36-23/h5,7-8,10-11,15,17-18H,6,9,12-14,16H2,1-4H3,(H,29,33)/t18-/m0/s1. The number of carbonyl (C=O) groups excluding carboxylic acids is 2. The number of fused-ring (bicyclic) bond motifs is 1. The number of halogens is 2. The second-order valence-electron chi connectivity index (χ2n) is 9.33. The van der Waals surface area contributed by atoms with E-state index in [4.69, 9.17) is 32.7 Å². The van der Waals surface area contributed by atoms with Gasteiger partial charge in [-0.15, -0.1) is 0 Å². The Kier molecular flexibility index (Phi) is 10.1. The highest BCUT2D eigenvalue weighted by molar-refractivity contribution is 7.92. The first kappa shape index (κ1) is 29.9. The van der Waals surface area contributed by atoms with Gasteiger partial charge in [0.25, 0.3) is 0 Å². The van der Waals surface area contributed by atoms with Crippen molar-refractivity contribution in [3.8, 4) is 11.5 Å². The zero-order chi connectivity index (χ0) is 28.0. The van der Waals surface area contributed by atoms with Crippen LogP contribution in [0.25, 0.3) is 0 Å². The van der Waals surface area contributed by atoms with Crippen molar-refractivity contribution >= 4 is 50.7 Å². The normalized spacial score (nSPS) is 13.7. The van der Waals surface area contributed by atoms with Gasteiger partial charge in [0.2, 0.25) is 21.8 Å². The highest BCUT2D eigenvalue weighted by Gasteiger charge is 2.28. The van der Waals surface area contributed by atoms with Gasteiger partial charge in [0.1, 0.15) is 19.3 Å². The minimum atomic E-state index is -3.65. The van der Waals surface area contributed by atoms with Crippen LogP contribution in [0.3, 0.4) is 0 Å². The average molecular weight is 587 g/mol. The lowest BCUT2D eigenvalue weighted by atomic mass is 10.1. The van der Waals surface area contributed by atoms with Crippen LogP contribution < -0.4 is 19.1 Å². The van der Waals surface area contributed by atoms with E-state index >= 15 is 0 Å². The number of hydrogen-bond donors (Lipinski definition) is 1. The molecule has 0 aliphatic carbocycles. The second-order valence-corrected chi connectivity index (χ2v) is 12.0. The molecule has 0 radical (unpaired) electrons. The summed E-state index contributed by atoms with van der Waals surface area (Å²) < 4.78 is 37.5. The Hall–Kier alpha value is -2.69. The number of ether oxygens (including phenoxy) is 2. The average Bonchev–Trinajstić information content (AvgIpc) is 2.84. The molecule has 38 heavy (non-hydrogen) atoms. The molecule has 1 aliphatic rings. The van der Waals surface area contributed by atoms with E-state index in [0.29, 0.717) is 46.0 Å². The van der Waals surface area contributed by atoms with Crippen LogP contribution in [0.2, 0.25) is 10.0 Å². The second kappa shape index (κ2) is 12.9. The Morgan fingerprint density at radius 2 is 1.66 bits per heavy atom. The highest BCUT2D eigenvalue weighted by Crippen LogP contribution is 2.35. The molecule has 2 amide bonds. The van der Waals surface area contributed by atoms with Gasteiger partial charge >= 0.3 is 0 Å². The summed E-state index contributed by atoms with van der Waals surface area (Å²) in [5, 5.41) is 3.59. The molecule has 1 aliphatic heterocycles. The summed E-state index contributed by atoms with van der Waals surface area (Å²) in [5.74, 6) is 0.367. The van der Waals surface area contributed by atoms with Gasteiger partial charge in [-0.05, 0) is 51.5 Å². The molecular weight excluding hydrogens is 553 g/mol. The van der Waals surface area contributed by atoms with Crippen molar-refractivity contribution in [3.63, 3.8) is 0 Å². The predicted octanol–water partition coefficient (Wildman–Crippen LogP) is 4.25. The van der Waals surface area contributed by atoms with E-state index in [2.05, 4.69) is 5.32 Å². The Labute approximate surface area is 234 Å². The van der Waals surface area contributed by atoms with Crippen molar-refractivity contribution in [3.05, 3.63) is 52.0 Å². The number of amides is 2. The van der Waals surface area contributed by atoms with Gasteiger partial charge in [-0.3, -0.25) is 13.9 Å². The number of anilines is 1. The Balaban J connectivity index is 1.77. The first-order valence-corrected chi connectivity index (χ1v) is 14.9. The van der Waals surface area contributed by atoms with Gasteiger partial charge in [0.15, 0.2) is 11.5 Å². The number of nitrogens with one attached hydrogen (secondary N) is 1. The van der Waals surface area contributed by atoms with E-state index in [9.17, 15) is 18.0 Å². The zero-order valence-electron chi connectivity index (χ0n) is 21.9. The van der Waals surface area contributed by atoms with Crippen LogP contribution >= 0.6 is 23.2 Å². The van der Waals surface area contributed by atoms with Crippen LogP contribution in [0, 0.1) is 0 Å². The lowest BCUT2D eigenvalue weighted by Gasteiger charge is -2.30. The molecule has 2 aromatic rings. The molecule has 3 rings (SSSR count). The van der Waals surface area contributed by atoms with Crippen LogP contribution in [0.15, 0.2) is 36.4 Å². The third-order valence-corrected chi connectivity index (χ3v) is 7.86. The van der Waals surface area contributed by atoms with E-state index < -0.39 is 16.1 Å². The lowest BCUT2D eigenvalue weighted by Crippen LogP contribution is -2.49. The number of sulfonamides is 1. The summed E-state index contributed by atoms with van der Waals surface area (Å²) in [4.78, 5) is 27.6. The SMILES string of the molecule is CC(C)NC(=O)[C@H](C)N(Cc1c(Cl)cccc1Cl)C(=O)CCCN(c1ccc2c(c1)OCCO2)S(C)(=O)=O. The number of hydrogen-bond acceptors (Lipinski definition) is 6. The van der Waals surface area contributed by atoms with E-state index in [-0.39, 0.29) is 43.8 Å². The minimum absolute atomic E-state index is 0.00204. The van der Waals surface area contributed by atoms with Crippen LogP contribution in [-0.4, -0.2) is 63.2 Å². The number of nitrogens with zero attached hydrogens (tertiary/aromatic N) is 2. The summed E-state index contributed by atoms with van der Waals surface area (Å²) in [6, 6.07) is 9.04. The molecule has 0 saturated heterocycles. The van der Waals surface area contributed by atoms with Crippen molar-refractivity contribution in [2.45, 2.75) is 52.2 Å². The Bertz CT molecular complexity index is 1250. The van der Waals surface area contributed by atoms with E-state index in [1.54, 1.807) is 43.3 Å². The third-order valence-electron chi connectivity index (χ3n) is 5.95. The van der Waals surface area contributed by atoms with Crippen LogP contribution in [0.5, 0.6) is 11.5 Å². The summed E-state index contributed by atoms with van der Waals surface area (Å²) in [6.45, 7) is 6.18. The first-order chi connectivity index (χ1) is 17.9. The van der Waals surface area contributed by atoms with E-state index in [1.165, 1.54) is 9.21 Å². The number of carbonyl (C=O) groups is 2. The third kappa shape index (κ3) is 7.68. The summed E-state index contributed by atoms with van der Waals surface area (Å²) >= 11 is 12.7. The molecule has 0 unspecified atom stereocenters. The van der Waals surface area contributed by atoms with Crippen LogP contribution in [-0.2, 0) is 26.2 Å². The molecule has 12 heteroatoms. The van der Waals surface area contributed by atoms with Crippen molar-refractivity contribution in [1.82, 2.24) is 10.2 Å². The number of benzene rings is 2. The largest absolute Gasteiger partial charge is 0.486 e. The molecule has 1 heterocycles. The molecule has 208 valence electrons. The maximum absolute atomic E-state index is 13.4. The van der Waals surface area contributed by atoms with E-state index in [0.717, 1.165) is 6.26 Å². The molecule has 2 aromatic carbocycles. The molecule has 0 fully saturated rings. The Morgan fingerprint density at radius 3 is 2.26 bits per heavy atom. The number of rotatable bonds is 11. The molecule has 9 nitrogen and oxygen atoms in total. The van der Waals surface area contributed by atoms with Gasteiger partial charge in [-0.1, -0.05) is 29.3 Å². The zero-order valence-corrected chi connectivity index (χ0v) is 24.2. The monoisotopic (exact) mass is 585 g/mol. The summed E-state index contributed by atoms with van der Waals surface area (Å²) in [5.41, 5.74) is 0.941. The summed E-state index contributed by atoms with van der Waals surface area (Å²) in [7, 11) is -3.65. The topological polar surface area (TPSA) is 105 Å². The molecule has 0 bridgehead atoms. The molecular formula is C26H33Cl2N3O6S. The van der Waals surface area contributed by atoms with Gasteiger partial charge in [0, 0.05) is 47.2 Å². The highest BCUT2D eigenvalue weighted by atomic mass is 35.5. The lowest BCUT2D eigenvalue weighted by molar-refractivity contribution is -0.140. The van der Waals surface area contributed by atoms with Gasteiger partial charge in [-0.25, -0.2) is 8.42 Å². The minimum Gasteiger partial charge on any atom is -0.486 e. The molecule has 0 spiro atoms. The van der Waals surface area contributed by atoms with E-state index in [1.807, 2.05) is 13.8 Å². The van der Waals surface area contributed by atoms with Gasteiger partial charge < -0.3 is 19.7 Å². The van der Waals surface area contributed by atoms with Crippen molar-refractivity contribution in [2.24, 2.45) is 0 Å². The van der Waals surface area contributed by atoms with Crippen LogP contribution in [0.4, 0.5) is 5.69 Å². The van der Waals surface area contributed by atoms with Crippen molar-refractivity contribution in [1.29, 1.82) is 0 Å². The maximum atomic E-state index is 13.4. The fraction of sp³-hybridized carbons (Fsp3) is 0.462. The molecule has 1 N–H and O–H groups in total. The van der Waals surface area contributed by atoms with Gasteiger partial charge in [-0.2, -0.15) is 0 Å². The predicted molar refractivity (Wildman–Crippen MR) is 149 cm³/mol. The first-order valence-electron chi connectivity index (χ1n) is 12.3. The smallest absolute Gasteiger partial charge is 0.242 e. The van der Waals surface area contributed by atoms with Crippen molar-refractivity contribution in [2.75, 3.05) is 30.3 Å². The molecule has 1 atom stereocenters.